The number of aryl methyl sites for hydroxylation is 1. The molecular formula is C32H31ClN2O3. The lowest BCUT2D eigenvalue weighted by Gasteiger charge is -2.38. The largest absolute Gasteiger partial charge is 0.496 e. The minimum absolute atomic E-state index is 0.0533. The number of nitrogens with one attached hydrogen (secondary N) is 1. The number of ether oxygens (including phenoxy) is 2. The molecular weight excluding hydrogens is 496 g/mol. The van der Waals surface area contributed by atoms with Gasteiger partial charge in [0.2, 0.25) is 0 Å². The molecule has 6 heteroatoms. The summed E-state index contributed by atoms with van der Waals surface area (Å²) < 4.78 is 12.0. The summed E-state index contributed by atoms with van der Waals surface area (Å²) in [5, 5.41) is 4.31. The quantitative estimate of drug-likeness (QED) is 0.264. The van der Waals surface area contributed by atoms with Crippen LogP contribution in [0.4, 0.5) is 11.4 Å². The molecule has 0 aliphatic carbocycles. The second kappa shape index (κ2) is 10.8. The molecule has 0 aromatic heterocycles. The Balaban J connectivity index is 1.52. The van der Waals surface area contributed by atoms with E-state index in [1.165, 1.54) is 0 Å². The van der Waals surface area contributed by atoms with Gasteiger partial charge in [0, 0.05) is 22.0 Å². The van der Waals surface area contributed by atoms with Gasteiger partial charge in [0.1, 0.15) is 24.3 Å². The van der Waals surface area contributed by atoms with E-state index >= 15 is 0 Å². The first-order valence-corrected chi connectivity index (χ1v) is 13.1. The average molecular weight is 527 g/mol. The highest BCUT2D eigenvalue weighted by Crippen LogP contribution is 2.38. The molecule has 0 spiro atoms. The van der Waals surface area contributed by atoms with E-state index in [4.69, 9.17) is 21.1 Å². The van der Waals surface area contributed by atoms with Crippen LogP contribution in [0.2, 0.25) is 5.02 Å². The Labute approximate surface area is 229 Å². The summed E-state index contributed by atoms with van der Waals surface area (Å²) in [6.07, 6.45) is -0.409. The summed E-state index contributed by atoms with van der Waals surface area (Å²) in [5.74, 6) is 1.73. The number of anilines is 2. The molecule has 5 rings (SSSR count). The van der Waals surface area contributed by atoms with Crippen LogP contribution >= 0.6 is 11.6 Å². The number of carbonyl (C=O) groups excluding carboxylic acids is 1. The van der Waals surface area contributed by atoms with Gasteiger partial charge >= 0.3 is 0 Å². The van der Waals surface area contributed by atoms with E-state index in [-0.39, 0.29) is 11.8 Å². The number of hydrogen-bond acceptors (Lipinski definition) is 4. The second-order valence-electron chi connectivity index (χ2n) is 9.76. The molecule has 194 valence electrons. The maximum absolute atomic E-state index is 13.7. The monoisotopic (exact) mass is 526 g/mol. The Morgan fingerprint density at radius 3 is 2.42 bits per heavy atom. The first-order valence-electron chi connectivity index (χ1n) is 12.7. The molecule has 4 aromatic rings. The van der Waals surface area contributed by atoms with Crippen molar-refractivity contribution in [3.8, 4) is 11.5 Å². The van der Waals surface area contributed by atoms with Crippen LogP contribution in [0.3, 0.4) is 0 Å². The number of hydrogen-bond donors (Lipinski definition) is 1. The summed E-state index contributed by atoms with van der Waals surface area (Å²) in [4.78, 5) is 15.5. The van der Waals surface area contributed by atoms with E-state index in [0.29, 0.717) is 12.2 Å². The third kappa shape index (κ3) is 4.94. The Morgan fingerprint density at radius 1 is 0.947 bits per heavy atom. The number of halogens is 1. The van der Waals surface area contributed by atoms with Crippen LogP contribution in [0.25, 0.3) is 0 Å². The summed E-state index contributed by atoms with van der Waals surface area (Å²) in [6, 6.07) is 27.3. The van der Waals surface area contributed by atoms with Crippen molar-refractivity contribution in [2.75, 3.05) is 17.3 Å². The summed E-state index contributed by atoms with van der Waals surface area (Å²) >= 11 is 6.40. The summed E-state index contributed by atoms with van der Waals surface area (Å²) in [7, 11) is 1.65. The van der Waals surface area contributed by atoms with Gasteiger partial charge in [-0.2, -0.15) is 0 Å². The van der Waals surface area contributed by atoms with Crippen molar-refractivity contribution in [3.05, 3.63) is 118 Å². The zero-order chi connectivity index (χ0) is 26.8. The van der Waals surface area contributed by atoms with Gasteiger partial charge in [-0.25, -0.2) is 0 Å². The van der Waals surface area contributed by atoms with E-state index < -0.39 is 6.17 Å². The molecule has 1 N–H and O–H groups in total. The fourth-order valence-electron chi connectivity index (χ4n) is 4.83. The summed E-state index contributed by atoms with van der Waals surface area (Å²) in [6.45, 7) is 6.52. The number of methoxy groups -OCH3 is 1. The van der Waals surface area contributed by atoms with Crippen molar-refractivity contribution in [1.29, 1.82) is 0 Å². The van der Waals surface area contributed by atoms with Gasteiger partial charge in [0.25, 0.3) is 5.91 Å². The van der Waals surface area contributed by atoms with Crippen molar-refractivity contribution >= 4 is 28.9 Å². The van der Waals surface area contributed by atoms with Gasteiger partial charge in [-0.05, 0) is 78.1 Å². The van der Waals surface area contributed by atoms with Gasteiger partial charge in [0.05, 0.1) is 12.7 Å². The Bertz CT molecular complexity index is 1470. The van der Waals surface area contributed by atoms with E-state index in [1.54, 1.807) is 12.0 Å². The fourth-order valence-corrected chi connectivity index (χ4v) is 5.00. The first kappa shape index (κ1) is 25.7. The molecule has 0 bridgehead atoms. The third-order valence-electron chi connectivity index (χ3n) is 6.88. The molecule has 0 saturated heterocycles. The minimum atomic E-state index is -0.409. The molecule has 1 unspecified atom stereocenters. The molecule has 5 nitrogen and oxygen atoms in total. The normalized spacial score (nSPS) is 14.7. The van der Waals surface area contributed by atoms with Crippen LogP contribution in [0.15, 0.2) is 84.9 Å². The van der Waals surface area contributed by atoms with Gasteiger partial charge in [0.15, 0.2) is 0 Å². The third-order valence-corrected chi connectivity index (χ3v) is 7.28. The SMILES string of the molecule is COc1ccc(C2Nc3ccccc3C(=O)N2c2ccccc2)cc1COc1cc(C)c(Cl)cc1C(C)C. The smallest absolute Gasteiger partial charge is 0.262 e. The Hall–Kier alpha value is -3.96. The average Bonchev–Trinajstić information content (AvgIpc) is 2.93. The van der Waals surface area contributed by atoms with E-state index in [0.717, 1.165) is 50.2 Å². The molecule has 1 atom stereocenters. The number of rotatable bonds is 7. The van der Waals surface area contributed by atoms with Crippen LogP contribution in [0.1, 0.15) is 58.5 Å². The van der Waals surface area contributed by atoms with Crippen molar-refractivity contribution in [3.63, 3.8) is 0 Å². The molecule has 1 amide bonds. The lowest BCUT2D eigenvalue weighted by atomic mass is 10.00. The maximum Gasteiger partial charge on any atom is 0.262 e. The van der Waals surface area contributed by atoms with Gasteiger partial charge in [-0.3, -0.25) is 9.69 Å². The Kier molecular flexibility index (Phi) is 7.30. The van der Waals surface area contributed by atoms with Crippen molar-refractivity contribution < 1.29 is 14.3 Å². The highest BCUT2D eigenvalue weighted by molar-refractivity contribution is 6.31. The molecule has 0 fully saturated rings. The molecule has 0 radical (unpaired) electrons. The number of para-hydroxylation sites is 2. The van der Waals surface area contributed by atoms with Gasteiger partial charge < -0.3 is 14.8 Å². The van der Waals surface area contributed by atoms with E-state index in [2.05, 4.69) is 19.2 Å². The second-order valence-corrected chi connectivity index (χ2v) is 10.2. The molecule has 1 aliphatic rings. The number of amides is 1. The van der Waals surface area contributed by atoms with Crippen molar-refractivity contribution in [1.82, 2.24) is 0 Å². The highest BCUT2D eigenvalue weighted by Gasteiger charge is 2.34. The molecule has 1 heterocycles. The fraction of sp³-hybridized carbons (Fsp3) is 0.219. The van der Waals surface area contributed by atoms with E-state index in [1.807, 2.05) is 91.9 Å². The lowest BCUT2D eigenvalue weighted by Crippen LogP contribution is -2.43. The number of benzene rings is 4. The number of fused-ring (bicyclic) bond motifs is 1. The number of nitrogens with zero attached hydrogens (tertiary/aromatic N) is 1. The molecule has 38 heavy (non-hydrogen) atoms. The van der Waals surface area contributed by atoms with Crippen LogP contribution in [-0.2, 0) is 6.61 Å². The van der Waals surface area contributed by atoms with Crippen LogP contribution in [-0.4, -0.2) is 13.0 Å². The maximum atomic E-state index is 13.7. The summed E-state index contributed by atoms with van der Waals surface area (Å²) in [5.41, 5.74) is 6.10. The zero-order valence-electron chi connectivity index (χ0n) is 22.0. The van der Waals surface area contributed by atoms with Crippen molar-refractivity contribution in [2.45, 2.75) is 39.5 Å². The molecule has 4 aromatic carbocycles. The Morgan fingerprint density at radius 2 is 1.68 bits per heavy atom. The minimum Gasteiger partial charge on any atom is -0.496 e. The van der Waals surface area contributed by atoms with Gasteiger partial charge in [-0.1, -0.05) is 61.8 Å². The van der Waals surface area contributed by atoms with Crippen LogP contribution in [0, 0.1) is 6.92 Å². The van der Waals surface area contributed by atoms with E-state index in [9.17, 15) is 4.79 Å². The standard InChI is InChI=1S/C32H31ClN2O3/c1-20(2)26-18-27(33)21(3)16-30(26)38-19-23-17-22(14-15-29(23)37-4)31-34-28-13-9-8-12-25(28)32(36)35(31)24-10-6-5-7-11-24/h5-18,20,31,34H,19H2,1-4H3. The topological polar surface area (TPSA) is 50.8 Å². The van der Waals surface area contributed by atoms with Crippen molar-refractivity contribution in [2.24, 2.45) is 0 Å². The van der Waals surface area contributed by atoms with Crippen LogP contribution < -0.4 is 19.7 Å². The number of carbonyl (C=O) groups is 1. The molecule has 0 saturated carbocycles. The predicted molar refractivity (Wildman–Crippen MR) is 154 cm³/mol. The zero-order valence-corrected chi connectivity index (χ0v) is 22.8. The molecule has 1 aliphatic heterocycles. The lowest BCUT2D eigenvalue weighted by molar-refractivity contribution is 0.0975. The van der Waals surface area contributed by atoms with Crippen LogP contribution in [0.5, 0.6) is 11.5 Å². The first-order chi connectivity index (χ1) is 18.4. The van der Waals surface area contributed by atoms with Gasteiger partial charge in [-0.15, -0.1) is 0 Å². The highest BCUT2D eigenvalue weighted by atomic mass is 35.5. The predicted octanol–water partition coefficient (Wildman–Crippen LogP) is 8.13.